The molecule has 0 atom stereocenters. The standard InChI is InChI=1S/C13H9Br2FO/c14-10-3-1-9(2-4-10)8-17-13-6-5-11(15)7-12(13)16/h1-7H,8H2. The van der Waals surface area contributed by atoms with Gasteiger partial charge in [-0.1, -0.05) is 44.0 Å². The van der Waals surface area contributed by atoms with Crippen LogP contribution in [0.5, 0.6) is 5.75 Å². The molecule has 0 radical (unpaired) electrons. The Morgan fingerprint density at radius 2 is 1.59 bits per heavy atom. The van der Waals surface area contributed by atoms with Gasteiger partial charge in [-0.15, -0.1) is 0 Å². The second-order valence-corrected chi connectivity index (χ2v) is 5.32. The Hall–Kier alpha value is -0.870. The zero-order chi connectivity index (χ0) is 12.3. The summed E-state index contributed by atoms with van der Waals surface area (Å²) < 4.78 is 20.6. The van der Waals surface area contributed by atoms with Crippen LogP contribution in [0.2, 0.25) is 0 Å². The largest absolute Gasteiger partial charge is 0.486 e. The van der Waals surface area contributed by atoms with E-state index in [4.69, 9.17) is 4.74 Å². The molecule has 0 amide bonds. The number of benzene rings is 2. The van der Waals surface area contributed by atoms with Crippen molar-refractivity contribution in [3.63, 3.8) is 0 Å². The van der Waals surface area contributed by atoms with Crippen LogP contribution in [0.4, 0.5) is 4.39 Å². The lowest BCUT2D eigenvalue weighted by atomic mass is 10.2. The van der Waals surface area contributed by atoms with Gasteiger partial charge in [0.15, 0.2) is 11.6 Å². The van der Waals surface area contributed by atoms with Crippen molar-refractivity contribution in [3.05, 3.63) is 62.8 Å². The molecule has 0 bridgehead atoms. The molecule has 88 valence electrons. The van der Waals surface area contributed by atoms with Gasteiger partial charge in [0.25, 0.3) is 0 Å². The first-order valence-corrected chi connectivity index (χ1v) is 6.56. The van der Waals surface area contributed by atoms with E-state index in [2.05, 4.69) is 31.9 Å². The minimum atomic E-state index is -0.364. The molecule has 2 aromatic rings. The maximum absolute atomic E-state index is 13.5. The quantitative estimate of drug-likeness (QED) is 0.754. The Balaban J connectivity index is 2.04. The summed E-state index contributed by atoms with van der Waals surface area (Å²) in [6.07, 6.45) is 0. The highest BCUT2D eigenvalue weighted by Gasteiger charge is 2.04. The van der Waals surface area contributed by atoms with Gasteiger partial charge in [-0.2, -0.15) is 0 Å². The molecule has 17 heavy (non-hydrogen) atoms. The highest BCUT2D eigenvalue weighted by Crippen LogP contribution is 2.22. The summed E-state index contributed by atoms with van der Waals surface area (Å²) in [6, 6.07) is 12.5. The Morgan fingerprint density at radius 3 is 2.24 bits per heavy atom. The van der Waals surface area contributed by atoms with E-state index in [0.29, 0.717) is 11.1 Å². The molecule has 0 saturated carbocycles. The van der Waals surface area contributed by atoms with E-state index in [9.17, 15) is 4.39 Å². The van der Waals surface area contributed by atoms with Crippen LogP contribution >= 0.6 is 31.9 Å². The first-order valence-electron chi connectivity index (χ1n) is 4.97. The monoisotopic (exact) mass is 358 g/mol. The van der Waals surface area contributed by atoms with Gasteiger partial charge in [0.1, 0.15) is 6.61 Å². The topological polar surface area (TPSA) is 9.23 Å². The van der Waals surface area contributed by atoms with Crippen molar-refractivity contribution in [2.75, 3.05) is 0 Å². The van der Waals surface area contributed by atoms with Crippen LogP contribution in [-0.2, 0) is 6.61 Å². The van der Waals surface area contributed by atoms with Crippen molar-refractivity contribution in [1.29, 1.82) is 0 Å². The Morgan fingerprint density at radius 1 is 0.941 bits per heavy atom. The highest BCUT2D eigenvalue weighted by atomic mass is 79.9. The lowest BCUT2D eigenvalue weighted by Crippen LogP contribution is -1.97. The SMILES string of the molecule is Fc1cc(Br)ccc1OCc1ccc(Br)cc1. The number of hydrogen-bond donors (Lipinski definition) is 0. The number of halogens is 3. The predicted octanol–water partition coefficient (Wildman–Crippen LogP) is 4.93. The van der Waals surface area contributed by atoms with E-state index in [1.807, 2.05) is 24.3 Å². The average Bonchev–Trinajstić information content (AvgIpc) is 2.30. The fraction of sp³-hybridized carbons (Fsp3) is 0.0769. The van der Waals surface area contributed by atoms with Crippen molar-refractivity contribution in [2.24, 2.45) is 0 Å². The lowest BCUT2D eigenvalue weighted by Gasteiger charge is -2.07. The fourth-order valence-electron chi connectivity index (χ4n) is 1.33. The average molecular weight is 360 g/mol. The summed E-state index contributed by atoms with van der Waals surface area (Å²) in [4.78, 5) is 0. The number of rotatable bonds is 3. The predicted molar refractivity (Wildman–Crippen MR) is 72.6 cm³/mol. The third-order valence-electron chi connectivity index (χ3n) is 2.20. The Labute approximate surface area is 116 Å². The molecule has 0 fully saturated rings. The van der Waals surface area contributed by atoms with Crippen LogP contribution in [0.25, 0.3) is 0 Å². The van der Waals surface area contributed by atoms with Gasteiger partial charge < -0.3 is 4.74 Å². The molecule has 0 heterocycles. The van der Waals surface area contributed by atoms with E-state index >= 15 is 0 Å². The van der Waals surface area contributed by atoms with Gasteiger partial charge in [0, 0.05) is 8.95 Å². The first kappa shape index (κ1) is 12.6. The molecule has 0 unspecified atom stereocenters. The molecule has 4 heteroatoms. The number of hydrogen-bond acceptors (Lipinski definition) is 1. The van der Waals surface area contributed by atoms with Crippen molar-refractivity contribution in [2.45, 2.75) is 6.61 Å². The van der Waals surface area contributed by atoms with Gasteiger partial charge >= 0.3 is 0 Å². The highest BCUT2D eigenvalue weighted by molar-refractivity contribution is 9.10. The maximum Gasteiger partial charge on any atom is 0.166 e. The van der Waals surface area contributed by atoms with Gasteiger partial charge in [-0.25, -0.2) is 4.39 Å². The lowest BCUT2D eigenvalue weighted by molar-refractivity contribution is 0.290. The normalized spacial score (nSPS) is 10.3. The summed E-state index contributed by atoms with van der Waals surface area (Å²) in [5.74, 6) is -0.104. The van der Waals surface area contributed by atoms with Crippen molar-refractivity contribution in [1.82, 2.24) is 0 Å². The van der Waals surface area contributed by atoms with Crippen molar-refractivity contribution < 1.29 is 9.13 Å². The van der Waals surface area contributed by atoms with Gasteiger partial charge in [-0.05, 0) is 35.9 Å². The van der Waals surface area contributed by atoms with E-state index in [0.717, 1.165) is 10.0 Å². The van der Waals surface area contributed by atoms with Crippen LogP contribution < -0.4 is 4.74 Å². The fourth-order valence-corrected chi connectivity index (χ4v) is 1.93. The first-order chi connectivity index (χ1) is 8.15. The summed E-state index contributed by atoms with van der Waals surface area (Å²) in [7, 11) is 0. The van der Waals surface area contributed by atoms with Gasteiger partial charge in [-0.3, -0.25) is 0 Å². The second kappa shape index (κ2) is 5.65. The van der Waals surface area contributed by atoms with E-state index < -0.39 is 0 Å². The molecular formula is C13H9Br2FO. The van der Waals surface area contributed by atoms with Crippen LogP contribution in [-0.4, -0.2) is 0 Å². The second-order valence-electron chi connectivity index (χ2n) is 3.49. The minimum absolute atomic E-state index is 0.260. The molecule has 0 spiro atoms. The van der Waals surface area contributed by atoms with Crippen LogP contribution in [0.15, 0.2) is 51.4 Å². The molecule has 0 aliphatic rings. The summed E-state index contributed by atoms with van der Waals surface area (Å²) in [5, 5.41) is 0. The van der Waals surface area contributed by atoms with Gasteiger partial charge in [0.2, 0.25) is 0 Å². The Kier molecular flexibility index (Phi) is 4.18. The van der Waals surface area contributed by atoms with Crippen molar-refractivity contribution in [3.8, 4) is 5.75 Å². The summed E-state index contributed by atoms with van der Waals surface area (Å²) >= 11 is 6.55. The maximum atomic E-state index is 13.5. The molecule has 0 saturated heterocycles. The van der Waals surface area contributed by atoms with Crippen LogP contribution in [0, 0.1) is 5.82 Å². The molecular weight excluding hydrogens is 351 g/mol. The minimum Gasteiger partial charge on any atom is -0.486 e. The summed E-state index contributed by atoms with van der Waals surface area (Å²) in [6.45, 7) is 0.353. The third-order valence-corrected chi connectivity index (χ3v) is 3.22. The van der Waals surface area contributed by atoms with Crippen molar-refractivity contribution >= 4 is 31.9 Å². The van der Waals surface area contributed by atoms with E-state index in [1.54, 1.807) is 12.1 Å². The third kappa shape index (κ3) is 3.54. The van der Waals surface area contributed by atoms with Crippen LogP contribution in [0.3, 0.4) is 0 Å². The van der Waals surface area contributed by atoms with Gasteiger partial charge in [0.05, 0.1) is 0 Å². The molecule has 1 nitrogen and oxygen atoms in total. The smallest absolute Gasteiger partial charge is 0.166 e. The van der Waals surface area contributed by atoms with E-state index in [1.165, 1.54) is 6.07 Å². The molecule has 0 aromatic heterocycles. The zero-order valence-corrected chi connectivity index (χ0v) is 12.0. The molecule has 0 N–H and O–H groups in total. The molecule has 2 rings (SSSR count). The Bertz CT molecular complexity index is 511. The van der Waals surface area contributed by atoms with Crippen LogP contribution in [0.1, 0.15) is 5.56 Å². The van der Waals surface area contributed by atoms with E-state index in [-0.39, 0.29) is 11.6 Å². The molecule has 0 aliphatic heterocycles. The molecule has 0 aliphatic carbocycles. The summed E-state index contributed by atoms with van der Waals surface area (Å²) in [5.41, 5.74) is 0.996. The molecule has 2 aromatic carbocycles. The zero-order valence-electron chi connectivity index (χ0n) is 8.79. The number of ether oxygens (including phenoxy) is 1.